The normalized spacial score (nSPS) is 23.4. The van der Waals surface area contributed by atoms with E-state index in [9.17, 15) is 0 Å². The Morgan fingerprint density at radius 2 is 1.57 bits per heavy atom. The van der Waals surface area contributed by atoms with E-state index in [1.54, 1.807) is 0 Å². The van der Waals surface area contributed by atoms with Gasteiger partial charge in [-0.2, -0.15) is 0 Å². The van der Waals surface area contributed by atoms with Crippen molar-refractivity contribution in [3.8, 4) is 0 Å². The first-order valence-corrected chi connectivity index (χ1v) is 6.94. The van der Waals surface area contributed by atoms with Gasteiger partial charge in [-0.3, -0.25) is 0 Å². The van der Waals surface area contributed by atoms with E-state index in [0.717, 1.165) is 4.51 Å². The zero-order chi connectivity index (χ0) is 10.0. The molecule has 0 spiro atoms. The molecule has 0 aromatic carbocycles. The standard InChI is InChI=1S/C10H9.C3H7.Ru/c1-2-6-9(5-1)10-7-3-4-8-10;1-3-2;/h1-9H;3H,1-2H3;. The first-order valence-electron chi connectivity index (χ1n) is 5.07. The number of hydrogen-bond donors (Lipinski definition) is 0. The molecule has 2 aliphatic rings. The van der Waals surface area contributed by atoms with Crippen molar-refractivity contribution in [2.45, 2.75) is 22.4 Å². The summed E-state index contributed by atoms with van der Waals surface area (Å²) in [6, 6.07) is 0. The molecule has 14 heavy (non-hydrogen) atoms. The molecular weight excluding hydrogens is 257 g/mol. The molecule has 0 amide bonds. The zero-order valence-electron chi connectivity index (χ0n) is 8.63. The molecule has 1 heteroatoms. The maximum atomic E-state index is 2.40. The summed E-state index contributed by atoms with van der Waals surface area (Å²) < 4.78 is 1.18. The molecule has 0 aromatic heterocycles. The number of allylic oxidation sites excluding steroid dienone is 8. The van der Waals surface area contributed by atoms with Gasteiger partial charge in [0, 0.05) is 0 Å². The Balaban J connectivity index is 2.22. The molecule has 0 aromatic rings. The van der Waals surface area contributed by atoms with Crippen LogP contribution in [0.2, 0.25) is 8.52 Å². The summed E-state index contributed by atoms with van der Waals surface area (Å²) in [7, 11) is 0. The van der Waals surface area contributed by atoms with Crippen molar-refractivity contribution < 1.29 is 17.1 Å². The van der Waals surface area contributed by atoms with E-state index >= 15 is 0 Å². The Morgan fingerprint density at radius 3 is 2.07 bits per heavy atom. The van der Waals surface area contributed by atoms with Crippen LogP contribution in [0.5, 0.6) is 0 Å². The van der Waals surface area contributed by atoms with Crippen molar-refractivity contribution in [2.75, 3.05) is 0 Å². The van der Waals surface area contributed by atoms with E-state index in [1.807, 2.05) is 0 Å². The van der Waals surface area contributed by atoms with Gasteiger partial charge in [0.1, 0.15) is 0 Å². The molecule has 0 fully saturated rings. The van der Waals surface area contributed by atoms with Gasteiger partial charge in [0.05, 0.1) is 0 Å². The summed E-state index contributed by atoms with van der Waals surface area (Å²) in [4.78, 5) is 0. The van der Waals surface area contributed by atoms with Crippen LogP contribution in [0.1, 0.15) is 13.8 Å². The molecule has 0 nitrogen and oxygen atoms in total. The molecule has 0 aliphatic heterocycles. The fraction of sp³-hybridized carbons (Fsp3) is 0.385. The third kappa shape index (κ3) is 1.84. The van der Waals surface area contributed by atoms with Gasteiger partial charge in [-0.05, 0) is 0 Å². The topological polar surface area (TPSA) is 0 Å². The molecule has 2 rings (SSSR count). The Morgan fingerprint density at radius 1 is 1.00 bits per heavy atom. The molecule has 0 N–H and O–H groups in total. The fourth-order valence-corrected chi connectivity index (χ4v) is 4.97. The molecule has 0 unspecified atom stereocenters. The molecule has 0 saturated carbocycles. The Labute approximate surface area is 94.1 Å². The summed E-state index contributed by atoms with van der Waals surface area (Å²) in [6.45, 7) is 4.67. The number of rotatable bonds is 3. The molecule has 0 atom stereocenters. The van der Waals surface area contributed by atoms with Crippen LogP contribution in [0.15, 0.2) is 48.6 Å². The van der Waals surface area contributed by atoms with Gasteiger partial charge < -0.3 is 0 Å². The fourth-order valence-electron chi connectivity index (χ4n) is 1.89. The molecule has 0 saturated heterocycles. The van der Waals surface area contributed by atoms with Crippen LogP contribution in [0, 0.1) is 5.92 Å². The van der Waals surface area contributed by atoms with Crippen LogP contribution in [0.3, 0.4) is 0 Å². The van der Waals surface area contributed by atoms with Crippen LogP contribution in [-0.2, 0) is 17.1 Å². The van der Waals surface area contributed by atoms with Crippen molar-refractivity contribution in [2.24, 2.45) is 5.92 Å². The minimum absolute atomic E-state index is 0.352. The van der Waals surface area contributed by atoms with Crippen LogP contribution in [0.4, 0.5) is 0 Å². The van der Waals surface area contributed by atoms with Crippen molar-refractivity contribution in [1.29, 1.82) is 0 Å². The summed E-state index contributed by atoms with van der Waals surface area (Å²) >= 11 is 0.377. The van der Waals surface area contributed by atoms with Crippen molar-refractivity contribution in [3.05, 3.63) is 48.6 Å². The van der Waals surface area contributed by atoms with Crippen LogP contribution in [0.25, 0.3) is 0 Å². The van der Waals surface area contributed by atoms with Gasteiger partial charge in [0.25, 0.3) is 0 Å². The Kier molecular flexibility index (Phi) is 2.88. The summed E-state index contributed by atoms with van der Waals surface area (Å²) in [5, 5.41) is 0. The summed E-state index contributed by atoms with van der Waals surface area (Å²) in [5.74, 6) is 0.609. The van der Waals surface area contributed by atoms with Gasteiger partial charge in [-0.25, -0.2) is 0 Å². The minimum atomic E-state index is 0.352. The van der Waals surface area contributed by atoms with Gasteiger partial charge in [-0.15, -0.1) is 0 Å². The first-order chi connectivity index (χ1) is 6.73. The second kappa shape index (κ2) is 3.99. The van der Waals surface area contributed by atoms with Gasteiger partial charge in [-0.1, -0.05) is 0 Å². The third-order valence-corrected chi connectivity index (χ3v) is 5.47. The zero-order valence-corrected chi connectivity index (χ0v) is 10.4. The van der Waals surface area contributed by atoms with Crippen molar-refractivity contribution >= 4 is 0 Å². The molecule has 0 heterocycles. The maximum absolute atomic E-state index is 2.40. The second-order valence-corrected chi connectivity index (χ2v) is 7.92. The van der Waals surface area contributed by atoms with Crippen LogP contribution >= 0.6 is 0 Å². The summed E-state index contributed by atoms with van der Waals surface area (Å²) in [5.41, 5.74) is 0. The SMILES string of the molecule is C[CH](C)[Ru][C]1(C2C=CC=C2)C=CC=C1. The second-order valence-electron chi connectivity index (χ2n) is 3.91. The van der Waals surface area contributed by atoms with E-state index in [0.29, 0.717) is 27.1 Å². The Hall–Kier alpha value is -0.417. The predicted octanol–water partition coefficient (Wildman–Crippen LogP) is 3.92. The van der Waals surface area contributed by atoms with E-state index in [1.165, 1.54) is 0 Å². The molecule has 0 bridgehead atoms. The third-order valence-electron chi connectivity index (χ3n) is 2.44. The average Bonchev–Trinajstić information content (AvgIpc) is 2.69. The van der Waals surface area contributed by atoms with Crippen LogP contribution in [-0.4, -0.2) is 0 Å². The first kappa shape index (κ1) is 10.1. The average molecular weight is 273 g/mol. The monoisotopic (exact) mass is 274 g/mol. The van der Waals surface area contributed by atoms with E-state index in [-0.39, 0.29) is 0 Å². The van der Waals surface area contributed by atoms with E-state index in [2.05, 4.69) is 62.5 Å². The molecule has 0 radical (unpaired) electrons. The molecular formula is C13H16Ru. The molecule has 76 valence electrons. The van der Waals surface area contributed by atoms with E-state index in [4.69, 9.17) is 0 Å². The number of hydrogen-bond acceptors (Lipinski definition) is 0. The van der Waals surface area contributed by atoms with Crippen molar-refractivity contribution in [1.82, 2.24) is 0 Å². The quantitative estimate of drug-likeness (QED) is 0.684. The molecule has 2 aliphatic carbocycles. The summed E-state index contributed by atoms with van der Waals surface area (Å²) in [6.07, 6.45) is 18.2. The van der Waals surface area contributed by atoms with Gasteiger partial charge in [0.2, 0.25) is 0 Å². The predicted molar refractivity (Wildman–Crippen MR) is 57.8 cm³/mol. The van der Waals surface area contributed by atoms with Crippen molar-refractivity contribution in [3.63, 3.8) is 0 Å². The Bertz CT molecular complexity index is 294. The van der Waals surface area contributed by atoms with Gasteiger partial charge in [0.15, 0.2) is 0 Å². The van der Waals surface area contributed by atoms with Crippen LogP contribution < -0.4 is 0 Å². The van der Waals surface area contributed by atoms with Gasteiger partial charge >= 0.3 is 94.0 Å². The van der Waals surface area contributed by atoms with E-state index < -0.39 is 0 Å².